The molecule has 0 radical (unpaired) electrons. The van der Waals surface area contributed by atoms with Crippen LogP contribution in [0.15, 0.2) is 18.2 Å². The Morgan fingerprint density at radius 2 is 2.04 bits per heavy atom. The zero-order chi connectivity index (χ0) is 19.3. The summed E-state index contributed by atoms with van der Waals surface area (Å²) < 4.78 is 11.6. The first-order chi connectivity index (χ1) is 13.7. The van der Waals surface area contributed by atoms with Gasteiger partial charge in [-0.05, 0) is 56.3 Å². The van der Waals surface area contributed by atoms with Gasteiger partial charge in [0.1, 0.15) is 11.4 Å². The van der Waals surface area contributed by atoms with Crippen LogP contribution in [0.1, 0.15) is 31.4 Å². The summed E-state index contributed by atoms with van der Waals surface area (Å²) in [5, 5.41) is 12.4. The van der Waals surface area contributed by atoms with Crippen molar-refractivity contribution in [3.63, 3.8) is 0 Å². The highest BCUT2D eigenvalue weighted by atomic mass is 35.5. The van der Waals surface area contributed by atoms with Crippen molar-refractivity contribution in [1.82, 2.24) is 20.3 Å². The molecule has 8 heteroatoms. The van der Waals surface area contributed by atoms with E-state index >= 15 is 0 Å². The van der Waals surface area contributed by atoms with E-state index in [9.17, 15) is 0 Å². The molecule has 1 N–H and O–H groups in total. The van der Waals surface area contributed by atoms with Crippen molar-refractivity contribution in [3.8, 4) is 11.3 Å². The van der Waals surface area contributed by atoms with Crippen molar-refractivity contribution in [2.24, 2.45) is 5.92 Å². The molecule has 6 nitrogen and oxygen atoms in total. The first kappa shape index (κ1) is 20.1. The molecule has 2 fully saturated rings. The first-order valence-electron chi connectivity index (χ1n) is 9.96. The summed E-state index contributed by atoms with van der Waals surface area (Å²) in [5.74, 6) is 0.815. The summed E-state index contributed by atoms with van der Waals surface area (Å²) in [5.41, 5.74) is 2.30. The molecule has 2 aromatic rings. The number of benzene rings is 1. The quantitative estimate of drug-likeness (QED) is 0.721. The maximum Gasteiger partial charge on any atom is 0.119 e. The highest BCUT2D eigenvalue weighted by Crippen LogP contribution is 2.31. The standard InChI is InChI=1S/C20H26Cl2N4O2/c21-15-1-2-17(18(22)11-15)20-19(23-25-24-20)13-28-16-4-8-26(12-16)7-3-14-5-9-27-10-6-14/h1-2,11,14,16H,3-10,12-13H2,(H,23,24,25). The predicted molar refractivity (Wildman–Crippen MR) is 110 cm³/mol. The van der Waals surface area contributed by atoms with Gasteiger partial charge in [0.15, 0.2) is 0 Å². The van der Waals surface area contributed by atoms with Gasteiger partial charge in [-0.3, -0.25) is 0 Å². The number of aromatic amines is 1. The molecule has 28 heavy (non-hydrogen) atoms. The minimum absolute atomic E-state index is 0.236. The fraction of sp³-hybridized carbons (Fsp3) is 0.600. The van der Waals surface area contributed by atoms with Crippen molar-refractivity contribution >= 4 is 23.2 Å². The van der Waals surface area contributed by atoms with E-state index in [4.69, 9.17) is 32.7 Å². The Morgan fingerprint density at radius 3 is 2.86 bits per heavy atom. The van der Waals surface area contributed by atoms with Gasteiger partial charge in [0, 0.05) is 36.9 Å². The van der Waals surface area contributed by atoms with Crippen LogP contribution < -0.4 is 0 Å². The molecule has 1 aromatic heterocycles. The number of rotatable bonds is 7. The van der Waals surface area contributed by atoms with E-state index in [1.165, 1.54) is 19.3 Å². The number of nitrogens with zero attached hydrogens (tertiary/aromatic N) is 3. The van der Waals surface area contributed by atoms with Gasteiger partial charge in [-0.2, -0.15) is 15.4 Å². The Morgan fingerprint density at radius 1 is 1.18 bits per heavy atom. The van der Waals surface area contributed by atoms with Gasteiger partial charge in [0.05, 0.1) is 17.7 Å². The molecule has 0 spiro atoms. The number of halogens is 2. The topological polar surface area (TPSA) is 63.3 Å². The van der Waals surface area contributed by atoms with Gasteiger partial charge in [0.25, 0.3) is 0 Å². The van der Waals surface area contributed by atoms with E-state index in [0.29, 0.717) is 16.7 Å². The molecule has 2 saturated heterocycles. The molecule has 0 aliphatic carbocycles. The lowest BCUT2D eigenvalue weighted by Gasteiger charge is -2.24. The first-order valence-corrected chi connectivity index (χ1v) is 10.7. The van der Waals surface area contributed by atoms with Crippen LogP contribution in [0, 0.1) is 5.92 Å². The Labute approximate surface area is 175 Å². The molecular weight excluding hydrogens is 399 g/mol. The zero-order valence-corrected chi connectivity index (χ0v) is 17.4. The summed E-state index contributed by atoms with van der Waals surface area (Å²) >= 11 is 12.3. The molecular formula is C20H26Cl2N4O2. The van der Waals surface area contributed by atoms with E-state index < -0.39 is 0 Å². The molecule has 0 saturated carbocycles. The number of hydrogen-bond donors (Lipinski definition) is 1. The summed E-state index contributed by atoms with van der Waals surface area (Å²) in [6.45, 7) is 5.51. The number of H-pyrrole nitrogens is 1. The van der Waals surface area contributed by atoms with E-state index in [1.807, 2.05) is 6.07 Å². The monoisotopic (exact) mass is 424 g/mol. The molecule has 1 unspecified atom stereocenters. The Hall–Kier alpha value is -1.18. The Balaban J connectivity index is 1.27. The highest BCUT2D eigenvalue weighted by Gasteiger charge is 2.25. The number of ether oxygens (including phenoxy) is 2. The number of nitrogens with one attached hydrogen (secondary N) is 1. The third-order valence-corrected chi connectivity index (χ3v) is 6.23. The fourth-order valence-electron chi connectivity index (χ4n) is 3.98. The molecule has 0 amide bonds. The third-order valence-electron chi connectivity index (χ3n) is 5.69. The second kappa shape index (κ2) is 9.55. The number of hydrogen-bond acceptors (Lipinski definition) is 5. The van der Waals surface area contributed by atoms with E-state index in [0.717, 1.165) is 62.1 Å². The summed E-state index contributed by atoms with van der Waals surface area (Å²) in [7, 11) is 0. The smallest absolute Gasteiger partial charge is 0.119 e. The van der Waals surface area contributed by atoms with Crippen LogP contribution in [0.3, 0.4) is 0 Å². The minimum atomic E-state index is 0.236. The highest BCUT2D eigenvalue weighted by molar-refractivity contribution is 6.36. The third kappa shape index (κ3) is 5.05. The second-order valence-electron chi connectivity index (χ2n) is 7.61. The fourth-order valence-corrected chi connectivity index (χ4v) is 4.48. The lowest BCUT2D eigenvalue weighted by Crippen LogP contribution is -2.27. The van der Waals surface area contributed by atoms with Crippen LogP contribution in [0.2, 0.25) is 10.0 Å². The van der Waals surface area contributed by atoms with Crippen molar-refractivity contribution in [1.29, 1.82) is 0 Å². The molecule has 4 rings (SSSR count). The summed E-state index contributed by atoms with van der Waals surface area (Å²) in [6, 6.07) is 5.38. The number of likely N-dealkylation sites (tertiary alicyclic amines) is 1. The van der Waals surface area contributed by atoms with Crippen molar-refractivity contribution in [3.05, 3.63) is 33.9 Å². The average molecular weight is 425 g/mol. The second-order valence-corrected chi connectivity index (χ2v) is 8.45. The molecule has 152 valence electrons. The maximum atomic E-state index is 6.32. The average Bonchev–Trinajstić information content (AvgIpc) is 3.35. The van der Waals surface area contributed by atoms with Gasteiger partial charge in [-0.25, -0.2) is 0 Å². The predicted octanol–water partition coefficient (Wildman–Crippen LogP) is 4.19. The molecule has 2 aliphatic rings. The van der Waals surface area contributed by atoms with Crippen LogP contribution in [0.25, 0.3) is 11.3 Å². The normalized spacial score (nSPS) is 21.4. The van der Waals surface area contributed by atoms with Crippen molar-refractivity contribution < 1.29 is 9.47 Å². The molecule has 1 aromatic carbocycles. The van der Waals surface area contributed by atoms with Crippen LogP contribution in [-0.2, 0) is 16.1 Å². The van der Waals surface area contributed by atoms with Gasteiger partial charge in [0.2, 0.25) is 0 Å². The molecule has 3 heterocycles. The van der Waals surface area contributed by atoms with E-state index in [2.05, 4.69) is 20.3 Å². The van der Waals surface area contributed by atoms with E-state index in [-0.39, 0.29) is 6.10 Å². The SMILES string of the molecule is Clc1ccc(-c2n[nH]nc2COC2CCN(CCC3CCOCC3)C2)c(Cl)c1. The molecule has 0 bridgehead atoms. The molecule has 1 atom stereocenters. The maximum absolute atomic E-state index is 6.32. The van der Waals surface area contributed by atoms with Crippen LogP contribution >= 0.6 is 23.2 Å². The van der Waals surface area contributed by atoms with Crippen LogP contribution in [0.4, 0.5) is 0 Å². The molecule has 2 aliphatic heterocycles. The summed E-state index contributed by atoms with van der Waals surface area (Å²) in [6.07, 6.45) is 4.97. The van der Waals surface area contributed by atoms with Gasteiger partial charge < -0.3 is 14.4 Å². The minimum Gasteiger partial charge on any atom is -0.381 e. The van der Waals surface area contributed by atoms with Crippen LogP contribution in [-0.4, -0.2) is 59.3 Å². The Bertz CT molecular complexity index is 779. The van der Waals surface area contributed by atoms with Crippen molar-refractivity contribution in [2.75, 3.05) is 32.8 Å². The largest absolute Gasteiger partial charge is 0.381 e. The van der Waals surface area contributed by atoms with Crippen LogP contribution in [0.5, 0.6) is 0 Å². The lowest BCUT2D eigenvalue weighted by molar-refractivity contribution is 0.0420. The Kier molecular flexibility index (Phi) is 6.86. The zero-order valence-electron chi connectivity index (χ0n) is 15.9. The summed E-state index contributed by atoms with van der Waals surface area (Å²) in [4.78, 5) is 2.51. The van der Waals surface area contributed by atoms with Gasteiger partial charge in [-0.1, -0.05) is 23.2 Å². The van der Waals surface area contributed by atoms with Crippen molar-refractivity contribution in [2.45, 2.75) is 38.4 Å². The van der Waals surface area contributed by atoms with Gasteiger partial charge >= 0.3 is 0 Å². The lowest BCUT2D eigenvalue weighted by atomic mass is 9.96. The van der Waals surface area contributed by atoms with Gasteiger partial charge in [-0.15, -0.1) is 0 Å². The van der Waals surface area contributed by atoms with E-state index in [1.54, 1.807) is 12.1 Å². The number of aromatic nitrogens is 3.